The number of urea groups is 1. The van der Waals surface area contributed by atoms with E-state index < -0.39 is 5.54 Å². The highest BCUT2D eigenvalue weighted by atomic mass is 32.1. The first kappa shape index (κ1) is 15.2. The van der Waals surface area contributed by atoms with E-state index in [2.05, 4.69) is 10.6 Å². The van der Waals surface area contributed by atoms with Crippen LogP contribution in [0.25, 0.3) is 0 Å². The first-order chi connectivity index (χ1) is 8.91. The van der Waals surface area contributed by atoms with E-state index in [4.69, 9.17) is 22.7 Å². The zero-order chi connectivity index (χ0) is 14.5. The van der Waals surface area contributed by atoms with Gasteiger partial charge in [-0.3, -0.25) is 0 Å². The lowest BCUT2D eigenvalue weighted by atomic mass is 9.99. The maximum absolute atomic E-state index is 11.9. The van der Waals surface area contributed by atoms with Crippen LogP contribution in [0.4, 0.5) is 10.5 Å². The molecule has 0 aliphatic carbocycles. The van der Waals surface area contributed by atoms with Crippen molar-refractivity contribution in [1.29, 1.82) is 0 Å². The van der Waals surface area contributed by atoms with Gasteiger partial charge in [0.1, 0.15) is 5.75 Å². The predicted molar refractivity (Wildman–Crippen MR) is 80.6 cm³/mol. The van der Waals surface area contributed by atoms with E-state index in [9.17, 15) is 4.79 Å². The molecule has 0 aliphatic rings. The van der Waals surface area contributed by atoms with Crippen LogP contribution >= 0.6 is 12.2 Å². The second kappa shape index (κ2) is 6.38. The molecule has 4 N–H and O–H groups in total. The Labute approximate surface area is 118 Å². The van der Waals surface area contributed by atoms with E-state index in [0.29, 0.717) is 12.1 Å². The monoisotopic (exact) mass is 281 g/mol. The number of carbonyl (C=O) groups is 1. The van der Waals surface area contributed by atoms with Crippen molar-refractivity contribution in [2.75, 3.05) is 12.4 Å². The lowest BCUT2D eigenvalue weighted by molar-refractivity contribution is 0.245. The number of amides is 2. The minimum Gasteiger partial charge on any atom is -0.497 e. The van der Waals surface area contributed by atoms with Gasteiger partial charge in [-0.1, -0.05) is 19.1 Å². The quantitative estimate of drug-likeness (QED) is 0.724. The Balaban J connectivity index is 2.66. The molecule has 1 atom stereocenters. The highest BCUT2D eigenvalue weighted by Gasteiger charge is 2.27. The van der Waals surface area contributed by atoms with Crippen LogP contribution in [-0.2, 0) is 0 Å². The highest BCUT2D eigenvalue weighted by Crippen LogP contribution is 2.15. The van der Waals surface area contributed by atoms with Gasteiger partial charge in [0.05, 0.1) is 17.6 Å². The number of hydrogen-bond donors (Lipinski definition) is 3. The van der Waals surface area contributed by atoms with E-state index in [1.807, 2.05) is 6.92 Å². The number of thiocarbonyl (C=S) groups is 1. The summed E-state index contributed by atoms with van der Waals surface area (Å²) in [6.45, 7) is 3.70. The minimum atomic E-state index is -0.689. The summed E-state index contributed by atoms with van der Waals surface area (Å²) in [5.41, 5.74) is 5.61. The minimum absolute atomic E-state index is 0.264. The van der Waals surface area contributed by atoms with Gasteiger partial charge in [0.15, 0.2) is 0 Å². The molecule has 0 bridgehead atoms. The molecular formula is C13H19N3O2S. The number of nitrogens with two attached hydrogens (primary N) is 1. The third-order valence-electron chi connectivity index (χ3n) is 2.99. The molecule has 0 spiro atoms. The summed E-state index contributed by atoms with van der Waals surface area (Å²) in [6.07, 6.45) is 0.623. The maximum atomic E-state index is 11.9. The Morgan fingerprint density at radius 2 is 2.00 bits per heavy atom. The topological polar surface area (TPSA) is 76.4 Å². The SMILES string of the molecule is CCC(C)(NC(=O)Nc1ccc(OC)cc1)C(N)=S. The van der Waals surface area contributed by atoms with E-state index in [1.165, 1.54) is 0 Å². The van der Waals surface area contributed by atoms with Gasteiger partial charge in [-0.15, -0.1) is 0 Å². The summed E-state index contributed by atoms with van der Waals surface area (Å²) in [5, 5.41) is 5.49. The second-order valence-electron chi connectivity index (χ2n) is 4.36. The molecule has 5 nitrogen and oxygen atoms in total. The summed E-state index contributed by atoms with van der Waals surface area (Å²) in [5.74, 6) is 0.729. The first-order valence-corrected chi connectivity index (χ1v) is 6.35. The van der Waals surface area contributed by atoms with Gasteiger partial charge >= 0.3 is 6.03 Å². The molecule has 0 aliphatic heterocycles. The van der Waals surface area contributed by atoms with Crippen molar-refractivity contribution in [2.45, 2.75) is 25.8 Å². The van der Waals surface area contributed by atoms with Crippen molar-refractivity contribution in [3.63, 3.8) is 0 Å². The molecule has 19 heavy (non-hydrogen) atoms. The Kier molecular flexibility index (Phi) is 5.11. The molecule has 0 saturated heterocycles. The Morgan fingerprint density at radius 1 is 1.42 bits per heavy atom. The van der Waals surface area contributed by atoms with Crippen molar-refractivity contribution in [2.24, 2.45) is 5.73 Å². The molecule has 1 rings (SSSR count). The lowest BCUT2D eigenvalue weighted by Crippen LogP contribution is -2.55. The first-order valence-electron chi connectivity index (χ1n) is 5.94. The van der Waals surface area contributed by atoms with Gasteiger partial charge in [0.25, 0.3) is 0 Å². The van der Waals surface area contributed by atoms with Gasteiger partial charge in [-0.25, -0.2) is 4.79 Å². The molecule has 0 aromatic heterocycles. The van der Waals surface area contributed by atoms with Gasteiger partial charge in [-0.05, 0) is 37.6 Å². The molecule has 104 valence electrons. The third-order valence-corrected chi connectivity index (χ3v) is 3.44. The number of anilines is 1. The molecule has 0 fully saturated rings. The van der Waals surface area contributed by atoms with Gasteiger partial charge in [0, 0.05) is 5.69 Å². The molecule has 0 radical (unpaired) electrons. The fourth-order valence-corrected chi connectivity index (χ4v) is 1.61. The molecular weight excluding hydrogens is 262 g/mol. The van der Waals surface area contributed by atoms with Crippen molar-refractivity contribution in [3.05, 3.63) is 24.3 Å². The zero-order valence-corrected chi connectivity index (χ0v) is 12.1. The van der Waals surface area contributed by atoms with Gasteiger partial charge in [0.2, 0.25) is 0 Å². The lowest BCUT2D eigenvalue weighted by Gasteiger charge is -2.28. The molecule has 0 heterocycles. The number of carbonyl (C=O) groups excluding carboxylic acids is 1. The van der Waals surface area contributed by atoms with E-state index in [1.54, 1.807) is 38.3 Å². The van der Waals surface area contributed by atoms with Crippen LogP contribution in [0.15, 0.2) is 24.3 Å². The number of rotatable bonds is 5. The summed E-state index contributed by atoms with van der Waals surface area (Å²) in [7, 11) is 1.59. The van der Waals surface area contributed by atoms with Crippen LogP contribution in [0, 0.1) is 0 Å². The summed E-state index contributed by atoms with van der Waals surface area (Å²) < 4.78 is 5.04. The molecule has 1 aromatic rings. The largest absolute Gasteiger partial charge is 0.497 e. The Hall–Kier alpha value is -1.82. The number of hydrogen-bond acceptors (Lipinski definition) is 3. The third kappa shape index (κ3) is 4.10. The summed E-state index contributed by atoms with van der Waals surface area (Å²) >= 11 is 4.96. The average molecular weight is 281 g/mol. The molecule has 0 saturated carbocycles. The van der Waals surface area contributed by atoms with Gasteiger partial charge in [-0.2, -0.15) is 0 Å². The Morgan fingerprint density at radius 3 is 2.42 bits per heavy atom. The van der Waals surface area contributed by atoms with Crippen molar-refractivity contribution < 1.29 is 9.53 Å². The number of methoxy groups -OCH3 is 1. The fourth-order valence-electron chi connectivity index (χ4n) is 1.41. The molecule has 2 amide bonds. The predicted octanol–water partition coefficient (Wildman–Crippen LogP) is 2.27. The average Bonchev–Trinajstić information content (AvgIpc) is 2.39. The van der Waals surface area contributed by atoms with Crippen molar-refractivity contribution in [3.8, 4) is 5.75 Å². The van der Waals surface area contributed by atoms with E-state index in [0.717, 1.165) is 5.75 Å². The summed E-state index contributed by atoms with van der Waals surface area (Å²) in [6, 6.07) is 6.69. The number of benzene rings is 1. The van der Waals surface area contributed by atoms with E-state index in [-0.39, 0.29) is 11.0 Å². The van der Waals surface area contributed by atoms with Crippen LogP contribution in [0.3, 0.4) is 0 Å². The molecule has 6 heteroatoms. The molecule has 1 aromatic carbocycles. The zero-order valence-electron chi connectivity index (χ0n) is 11.3. The van der Waals surface area contributed by atoms with Crippen molar-refractivity contribution in [1.82, 2.24) is 5.32 Å². The molecule has 1 unspecified atom stereocenters. The second-order valence-corrected chi connectivity index (χ2v) is 4.80. The van der Waals surface area contributed by atoms with Crippen LogP contribution in [0.2, 0.25) is 0 Å². The van der Waals surface area contributed by atoms with Gasteiger partial charge < -0.3 is 21.1 Å². The normalized spacial score (nSPS) is 13.2. The fraction of sp³-hybridized carbons (Fsp3) is 0.385. The Bertz CT molecular complexity index is 461. The highest BCUT2D eigenvalue weighted by molar-refractivity contribution is 7.80. The van der Waals surface area contributed by atoms with Crippen LogP contribution in [-0.4, -0.2) is 23.7 Å². The maximum Gasteiger partial charge on any atom is 0.320 e. The van der Waals surface area contributed by atoms with Crippen LogP contribution in [0.5, 0.6) is 5.75 Å². The summed E-state index contributed by atoms with van der Waals surface area (Å²) in [4.78, 5) is 12.1. The van der Waals surface area contributed by atoms with Crippen molar-refractivity contribution >= 4 is 28.9 Å². The van der Waals surface area contributed by atoms with E-state index >= 15 is 0 Å². The van der Waals surface area contributed by atoms with Crippen LogP contribution < -0.4 is 21.1 Å². The van der Waals surface area contributed by atoms with Crippen LogP contribution in [0.1, 0.15) is 20.3 Å². The standard InChI is InChI=1S/C13H19N3O2S/c1-4-13(2,11(14)19)16-12(17)15-9-5-7-10(18-3)8-6-9/h5-8H,4H2,1-3H3,(H2,14,19)(H2,15,16,17). The smallest absolute Gasteiger partial charge is 0.320 e. The number of ether oxygens (including phenoxy) is 1. The number of nitrogens with one attached hydrogen (secondary N) is 2.